The molecular formula is C24H25N3OS+2. The van der Waals surface area contributed by atoms with Gasteiger partial charge in [-0.05, 0) is 41.8 Å². The largest absolute Gasteiger partial charge is 0.502 e. The predicted octanol–water partition coefficient (Wildman–Crippen LogP) is 2.92. The molecule has 1 atom stereocenters. The Kier molecular flexibility index (Phi) is 4.92. The number of pyridine rings is 1. The van der Waals surface area contributed by atoms with Gasteiger partial charge in [0.25, 0.3) is 5.52 Å². The molecule has 1 fully saturated rings. The number of aromatic nitrogens is 1. The summed E-state index contributed by atoms with van der Waals surface area (Å²) in [6.45, 7) is 4.10. The van der Waals surface area contributed by atoms with Crippen LogP contribution in [0.1, 0.15) is 16.5 Å². The van der Waals surface area contributed by atoms with Crippen LogP contribution in [-0.4, -0.2) is 31.3 Å². The second-order valence-corrected chi connectivity index (χ2v) is 8.55. The Morgan fingerprint density at radius 1 is 0.931 bits per heavy atom. The van der Waals surface area contributed by atoms with Crippen LogP contribution >= 0.6 is 11.3 Å². The third kappa shape index (κ3) is 3.48. The van der Waals surface area contributed by atoms with Crippen LogP contribution < -0.4 is 14.8 Å². The normalized spacial score (nSPS) is 16.2. The van der Waals surface area contributed by atoms with Gasteiger partial charge in [0.15, 0.2) is 18.0 Å². The number of aromatic hydroxyl groups is 1. The number of nitrogens with one attached hydrogen (secondary N) is 2. The van der Waals surface area contributed by atoms with Crippen molar-refractivity contribution in [3.63, 3.8) is 0 Å². The number of para-hydroxylation sites is 1. The number of thiophene rings is 1. The van der Waals surface area contributed by atoms with Gasteiger partial charge in [-0.25, -0.2) is 4.98 Å². The Bertz CT molecular complexity index is 1090. The molecule has 4 aromatic rings. The fraction of sp³-hybridized carbons (Fsp3) is 0.208. The second-order valence-electron chi connectivity index (χ2n) is 7.57. The molecule has 0 radical (unpaired) electrons. The van der Waals surface area contributed by atoms with Gasteiger partial charge in [-0.2, -0.15) is 0 Å². The number of hydrogen-bond donors (Lipinski definition) is 2. The number of phenols is 1. The number of rotatable bonds is 4. The molecule has 0 aliphatic carbocycles. The topological polar surface area (TPSA) is 42.1 Å². The van der Waals surface area contributed by atoms with Crippen molar-refractivity contribution in [2.75, 3.05) is 31.1 Å². The summed E-state index contributed by atoms with van der Waals surface area (Å²) in [5, 5.41) is 14.3. The van der Waals surface area contributed by atoms with Gasteiger partial charge >= 0.3 is 0 Å². The lowest BCUT2D eigenvalue weighted by molar-refractivity contribution is -0.925. The fourth-order valence-electron chi connectivity index (χ4n) is 4.44. The zero-order valence-corrected chi connectivity index (χ0v) is 17.0. The number of phenolic OH excluding ortho intramolecular Hbond substituents is 1. The van der Waals surface area contributed by atoms with E-state index in [1.165, 1.54) is 15.5 Å². The van der Waals surface area contributed by atoms with Crippen molar-refractivity contribution in [1.82, 2.24) is 0 Å². The predicted molar refractivity (Wildman–Crippen MR) is 118 cm³/mol. The Hall–Kier alpha value is -2.89. The lowest BCUT2D eigenvalue weighted by Crippen LogP contribution is -3.15. The monoisotopic (exact) mass is 403 g/mol. The van der Waals surface area contributed by atoms with Crippen molar-refractivity contribution >= 4 is 27.9 Å². The maximum absolute atomic E-state index is 11.1. The van der Waals surface area contributed by atoms with Gasteiger partial charge in [-0.3, -0.25) is 0 Å². The van der Waals surface area contributed by atoms with Gasteiger partial charge in [-0.1, -0.05) is 24.3 Å². The molecule has 146 valence electrons. The number of piperazine rings is 1. The number of quaternary nitrogens is 1. The molecule has 0 saturated carbocycles. The molecule has 1 unspecified atom stereocenters. The SMILES string of the molecule is Oc1c(C(c2cccs2)[NH+]2CCN(c3ccccc3)CC2)ccc2ccc[nH+]c12. The number of hydrogen-bond acceptors (Lipinski definition) is 3. The molecule has 0 spiro atoms. The average molecular weight is 404 g/mol. The summed E-state index contributed by atoms with van der Waals surface area (Å²) in [6.07, 6.45) is 1.87. The molecule has 3 heterocycles. The summed E-state index contributed by atoms with van der Waals surface area (Å²) < 4.78 is 0. The lowest BCUT2D eigenvalue weighted by atomic mass is 9.99. The summed E-state index contributed by atoms with van der Waals surface area (Å²) in [7, 11) is 0. The summed E-state index contributed by atoms with van der Waals surface area (Å²) in [5.41, 5.74) is 3.11. The highest BCUT2D eigenvalue weighted by atomic mass is 32.1. The Morgan fingerprint density at radius 2 is 1.76 bits per heavy atom. The smallest absolute Gasteiger partial charge is 0.253 e. The van der Waals surface area contributed by atoms with Crippen molar-refractivity contribution in [2.45, 2.75) is 6.04 Å². The summed E-state index contributed by atoms with van der Waals surface area (Å²) in [5.74, 6) is 0.375. The van der Waals surface area contributed by atoms with Crippen molar-refractivity contribution in [3.8, 4) is 5.75 Å². The van der Waals surface area contributed by atoms with Crippen molar-refractivity contribution in [3.05, 3.63) is 88.7 Å². The highest BCUT2D eigenvalue weighted by Crippen LogP contribution is 2.33. The van der Waals surface area contributed by atoms with Crippen LogP contribution in [0, 0.1) is 0 Å². The Labute approximate surface area is 174 Å². The van der Waals surface area contributed by atoms with E-state index in [9.17, 15) is 5.11 Å². The van der Waals surface area contributed by atoms with E-state index in [1.807, 2.05) is 18.3 Å². The van der Waals surface area contributed by atoms with E-state index in [0.717, 1.165) is 42.6 Å². The maximum Gasteiger partial charge on any atom is 0.253 e. The van der Waals surface area contributed by atoms with Gasteiger partial charge in [0.05, 0.1) is 42.0 Å². The van der Waals surface area contributed by atoms with E-state index >= 15 is 0 Å². The van der Waals surface area contributed by atoms with Crippen molar-refractivity contribution < 1.29 is 15.0 Å². The summed E-state index contributed by atoms with van der Waals surface area (Å²) in [6, 6.07) is 23.3. The molecule has 4 nitrogen and oxygen atoms in total. The quantitative estimate of drug-likeness (QED) is 0.550. The third-order valence-corrected chi connectivity index (χ3v) is 6.85. The number of benzene rings is 2. The molecule has 1 aliphatic heterocycles. The molecule has 5 rings (SSSR count). The minimum atomic E-state index is 0.144. The minimum Gasteiger partial charge on any atom is -0.502 e. The number of anilines is 1. The highest BCUT2D eigenvalue weighted by Gasteiger charge is 2.33. The standard InChI is InChI=1S/C24H23N3OS/c28-24-20(11-10-18-6-4-12-25-22(18)24)23(21-9-5-17-29-21)27-15-13-26(14-16-27)19-7-2-1-3-8-19/h1-12,17,23,28H,13-16H2/p+2. The first-order valence-electron chi connectivity index (χ1n) is 10.1. The molecule has 0 amide bonds. The Morgan fingerprint density at radius 3 is 2.52 bits per heavy atom. The molecule has 2 aromatic heterocycles. The van der Waals surface area contributed by atoms with E-state index in [0.29, 0.717) is 5.75 Å². The first-order chi connectivity index (χ1) is 14.3. The summed E-state index contributed by atoms with van der Waals surface area (Å²) >= 11 is 1.78. The molecule has 0 bridgehead atoms. The minimum absolute atomic E-state index is 0.144. The zero-order valence-electron chi connectivity index (χ0n) is 16.2. The van der Waals surface area contributed by atoms with Crippen molar-refractivity contribution in [2.24, 2.45) is 0 Å². The van der Waals surface area contributed by atoms with Gasteiger partial charge in [0.2, 0.25) is 0 Å². The Balaban J connectivity index is 1.47. The number of aromatic amines is 1. The van der Waals surface area contributed by atoms with E-state index in [-0.39, 0.29) is 6.04 Å². The van der Waals surface area contributed by atoms with Crippen LogP contribution in [-0.2, 0) is 0 Å². The number of nitrogens with zero attached hydrogens (tertiary/aromatic N) is 1. The van der Waals surface area contributed by atoms with E-state index in [1.54, 1.807) is 11.3 Å². The summed E-state index contributed by atoms with van der Waals surface area (Å²) in [4.78, 5) is 8.50. The molecule has 2 aromatic carbocycles. The highest BCUT2D eigenvalue weighted by molar-refractivity contribution is 7.10. The van der Waals surface area contributed by atoms with Gasteiger partial charge in [0, 0.05) is 11.8 Å². The van der Waals surface area contributed by atoms with Crippen LogP contribution in [0.2, 0.25) is 0 Å². The molecule has 1 aliphatic rings. The van der Waals surface area contributed by atoms with Gasteiger partial charge in [0.1, 0.15) is 0 Å². The van der Waals surface area contributed by atoms with Gasteiger partial charge in [-0.15, -0.1) is 11.3 Å². The second kappa shape index (κ2) is 7.85. The van der Waals surface area contributed by atoms with E-state index in [2.05, 4.69) is 69.9 Å². The zero-order chi connectivity index (χ0) is 19.6. The molecule has 29 heavy (non-hydrogen) atoms. The first-order valence-corrected chi connectivity index (χ1v) is 11.0. The van der Waals surface area contributed by atoms with Crippen LogP contribution in [0.5, 0.6) is 5.75 Å². The fourth-order valence-corrected chi connectivity index (χ4v) is 5.34. The lowest BCUT2D eigenvalue weighted by Gasteiger charge is -2.37. The number of H-pyrrole nitrogens is 1. The third-order valence-electron chi connectivity index (χ3n) is 5.92. The van der Waals surface area contributed by atoms with E-state index < -0.39 is 0 Å². The van der Waals surface area contributed by atoms with Crippen LogP contribution in [0.3, 0.4) is 0 Å². The first kappa shape index (κ1) is 18.2. The number of fused-ring (bicyclic) bond motifs is 1. The van der Waals surface area contributed by atoms with E-state index in [4.69, 9.17) is 0 Å². The van der Waals surface area contributed by atoms with Gasteiger partial charge < -0.3 is 14.9 Å². The molecule has 1 saturated heterocycles. The average Bonchev–Trinajstić information content (AvgIpc) is 3.31. The molecular weight excluding hydrogens is 378 g/mol. The maximum atomic E-state index is 11.1. The van der Waals surface area contributed by atoms with Crippen LogP contribution in [0.4, 0.5) is 5.69 Å². The van der Waals surface area contributed by atoms with Crippen LogP contribution in [0.25, 0.3) is 10.9 Å². The van der Waals surface area contributed by atoms with Crippen LogP contribution in [0.15, 0.2) is 78.3 Å². The molecule has 3 N–H and O–H groups in total. The van der Waals surface area contributed by atoms with Crippen molar-refractivity contribution in [1.29, 1.82) is 0 Å². The molecule has 5 heteroatoms.